The molecule has 0 spiro atoms. The minimum absolute atomic E-state index is 0.126. The molecule has 1 N–H and O–H groups in total. The lowest BCUT2D eigenvalue weighted by Crippen LogP contribution is -1.87. The Morgan fingerprint density at radius 2 is 2.10 bits per heavy atom. The molecule has 0 aliphatic rings. The van der Waals surface area contributed by atoms with Crippen molar-refractivity contribution in [2.45, 2.75) is 0 Å². The van der Waals surface area contributed by atoms with Crippen LogP contribution in [0.3, 0.4) is 0 Å². The van der Waals surface area contributed by atoms with Gasteiger partial charge in [-0.15, -0.1) is 0 Å². The van der Waals surface area contributed by atoms with Gasteiger partial charge in [-0.25, -0.2) is 0 Å². The molecule has 50 valence electrons. The highest BCUT2D eigenvalue weighted by Crippen LogP contribution is 2.15. The second kappa shape index (κ2) is 1.99. The molecule has 0 aliphatic heterocycles. The van der Waals surface area contributed by atoms with E-state index in [9.17, 15) is 4.79 Å². The topological polar surface area (TPSA) is 32.9 Å². The van der Waals surface area contributed by atoms with Gasteiger partial charge in [-0.2, -0.15) is 0 Å². The summed E-state index contributed by atoms with van der Waals surface area (Å²) in [4.78, 5) is 13.6. The Labute approximate surface area is 59.0 Å². The Morgan fingerprint density at radius 3 is 2.90 bits per heavy atom. The summed E-state index contributed by atoms with van der Waals surface area (Å²) in [6, 6.07) is 7.78. The standard InChI is InChI=1S/C7H6NOP/c9-7-8-5-3-1-2-4-6(5)10-7/h1-4,10H,(H,8,9). The highest BCUT2D eigenvalue weighted by molar-refractivity contribution is 7.35. The van der Waals surface area contributed by atoms with Gasteiger partial charge in [0.2, 0.25) is 0 Å². The molecule has 3 heteroatoms. The van der Waals surface area contributed by atoms with Crippen LogP contribution in [0.5, 0.6) is 0 Å². The average Bonchev–Trinajstić information content (AvgIpc) is 2.27. The summed E-state index contributed by atoms with van der Waals surface area (Å²) in [6.07, 6.45) is 0. The van der Waals surface area contributed by atoms with Crippen LogP contribution in [0.2, 0.25) is 0 Å². The zero-order valence-corrected chi connectivity index (χ0v) is 6.22. The van der Waals surface area contributed by atoms with Crippen LogP contribution in [0.15, 0.2) is 29.1 Å². The Kier molecular flexibility index (Phi) is 1.15. The Balaban J connectivity index is 3.01. The number of benzene rings is 1. The second-order valence-corrected chi connectivity index (χ2v) is 3.37. The fourth-order valence-corrected chi connectivity index (χ4v) is 1.88. The summed E-state index contributed by atoms with van der Waals surface area (Å²) in [5.74, 6) is 0. The number of aromatic amines is 1. The normalized spacial score (nSPS) is 11.2. The summed E-state index contributed by atoms with van der Waals surface area (Å²) < 4.78 is 0. The first-order chi connectivity index (χ1) is 4.86. The van der Waals surface area contributed by atoms with E-state index in [0.717, 1.165) is 10.6 Å². The number of para-hydroxylation sites is 1. The number of rotatable bonds is 0. The maximum absolute atomic E-state index is 10.8. The van der Waals surface area contributed by atoms with Crippen molar-refractivity contribution < 1.29 is 0 Å². The highest BCUT2D eigenvalue weighted by atomic mass is 31.0. The van der Waals surface area contributed by atoms with Crippen LogP contribution in [0.1, 0.15) is 0 Å². The first-order valence-corrected chi connectivity index (χ1v) is 4.03. The van der Waals surface area contributed by atoms with Crippen LogP contribution in [0.25, 0.3) is 10.6 Å². The monoisotopic (exact) mass is 151 g/mol. The summed E-state index contributed by atoms with van der Waals surface area (Å²) in [5.41, 5.74) is 0.978. The molecule has 0 fully saturated rings. The maximum atomic E-state index is 10.8. The largest absolute Gasteiger partial charge is 0.319 e. The van der Waals surface area contributed by atoms with Crippen LogP contribution in [0, 0.1) is 0 Å². The van der Waals surface area contributed by atoms with Gasteiger partial charge in [0.1, 0.15) is 0 Å². The predicted molar refractivity (Wildman–Crippen MR) is 44.1 cm³/mol. The van der Waals surface area contributed by atoms with E-state index >= 15 is 0 Å². The lowest BCUT2D eigenvalue weighted by molar-refractivity contribution is 1.41. The quantitative estimate of drug-likeness (QED) is 0.608. The van der Waals surface area contributed by atoms with Crippen LogP contribution in [-0.4, -0.2) is 4.98 Å². The van der Waals surface area contributed by atoms with Crippen molar-refractivity contribution in [3.05, 3.63) is 34.4 Å². The van der Waals surface area contributed by atoms with E-state index in [4.69, 9.17) is 0 Å². The molecular weight excluding hydrogens is 145 g/mol. The van der Waals surface area contributed by atoms with E-state index in [-0.39, 0.29) is 5.29 Å². The van der Waals surface area contributed by atoms with Gasteiger partial charge < -0.3 is 4.98 Å². The third-order valence-corrected chi connectivity index (χ3v) is 2.48. The number of hydrogen-bond acceptors (Lipinski definition) is 1. The van der Waals surface area contributed by atoms with E-state index in [0.29, 0.717) is 8.19 Å². The zero-order valence-electron chi connectivity index (χ0n) is 5.22. The third-order valence-electron chi connectivity index (χ3n) is 1.42. The molecule has 0 bridgehead atoms. The van der Waals surface area contributed by atoms with Crippen molar-refractivity contribution in [2.75, 3.05) is 0 Å². The molecule has 0 amide bonds. The van der Waals surface area contributed by atoms with E-state index < -0.39 is 0 Å². The summed E-state index contributed by atoms with van der Waals surface area (Å²) in [6.45, 7) is 0. The van der Waals surface area contributed by atoms with Crippen molar-refractivity contribution in [3.8, 4) is 0 Å². The maximum Gasteiger partial charge on any atom is 0.263 e. The average molecular weight is 151 g/mol. The van der Waals surface area contributed by atoms with E-state index in [1.54, 1.807) is 0 Å². The number of aromatic nitrogens is 1. The summed E-state index contributed by atoms with van der Waals surface area (Å²) in [7, 11) is 0.303. The van der Waals surface area contributed by atoms with Crippen LogP contribution < -0.4 is 5.29 Å². The molecule has 1 aromatic carbocycles. The van der Waals surface area contributed by atoms with Crippen molar-refractivity contribution in [2.24, 2.45) is 0 Å². The molecule has 2 aromatic rings. The smallest absolute Gasteiger partial charge is 0.263 e. The minimum atomic E-state index is 0.126. The molecule has 2 rings (SSSR count). The van der Waals surface area contributed by atoms with E-state index in [1.807, 2.05) is 24.3 Å². The molecule has 1 aromatic heterocycles. The summed E-state index contributed by atoms with van der Waals surface area (Å²) >= 11 is 0. The van der Waals surface area contributed by atoms with Crippen LogP contribution in [0.4, 0.5) is 0 Å². The molecular formula is C7H6NOP. The second-order valence-electron chi connectivity index (χ2n) is 2.12. The van der Waals surface area contributed by atoms with Gasteiger partial charge in [0, 0.05) is 5.12 Å². The van der Waals surface area contributed by atoms with Gasteiger partial charge >= 0.3 is 0 Å². The van der Waals surface area contributed by atoms with Crippen molar-refractivity contribution in [1.29, 1.82) is 0 Å². The van der Waals surface area contributed by atoms with E-state index in [1.165, 1.54) is 0 Å². The number of H-pyrrole nitrogens is 1. The Morgan fingerprint density at radius 1 is 1.30 bits per heavy atom. The third kappa shape index (κ3) is 0.775. The SMILES string of the molecule is O=c1[nH]c2ccccc2[pH]1. The molecule has 10 heavy (non-hydrogen) atoms. The molecule has 0 aliphatic carbocycles. The van der Waals surface area contributed by atoms with Gasteiger partial charge in [0.25, 0.3) is 5.29 Å². The van der Waals surface area contributed by atoms with Gasteiger partial charge in [0.05, 0.1) is 5.52 Å². The highest BCUT2D eigenvalue weighted by Gasteiger charge is 1.92. The predicted octanol–water partition coefficient (Wildman–Crippen LogP) is 1.56. The van der Waals surface area contributed by atoms with Gasteiger partial charge in [-0.05, 0) is 12.1 Å². The molecule has 0 saturated heterocycles. The van der Waals surface area contributed by atoms with Crippen molar-refractivity contribution >= 4 is 18.8 Å². The summed E-state index contributed by atoms with van der Waals surface area (Å²) in [5, 5.41) is 1.26. The molecule has 1 atom stereocenters. The fraction of sp³-hybridized carbons (Fsp3) is 0. The molecule has 1 unspecified atom stereocenters. The minimum Gasteiger partial charge on any atom is -0.319 e. The Bertz CT molecular complexity index is 365. The van der Waals surface area contributed by atoms with Gasteiger partial charge in [-0.3, -0.25) is 4.79 Å². The molecule has 0 radical (unpaired) electrons. The Hall–Kier alpha value is -1.01. The lowest BCUT2D eigenvalue weighted by atomic mass is 10.3. The molecule has 2 nitrogen and oxygen atoms in total. The van der Waals surface area contributed by atoms with E-state index in [2.05, 4.69) is 4.98 Å². The van der Waals surface area contributed by atoms with Crippen LogP contribution in [-0.2, 0) is 0 Å². The number of fused-ring (bicyclic) bond motifs is 1. The van der Waals surface area contributed by atoms with Crippen LogP contribution >= 0.6 is 8.19 Å². The van der Waals surface area contributed by atoms with Gasteiger partial charge in [0.15, 0.2) is 0 Å². The molecule has 1 heterocycles. The first kappa shape index (κ1) is 5.75. The van der Waals surface area contributed by atoms with Crippen molar-refractivity contribution in [1.82, 2.24) is 4.98 Å². The van der Waals surface area contributed by atoms with Crippen molar-refractivity contribution in [3.63, 3.8) is 0 Å². The van der Waals surface area contributed by atoms with Gasteiger partial charge in [-0.1, -0.05) is 20.3 Å². The molecule has 0 saturated carbocycles. The first-order valence-electron chi connectivity index (χ1n) is 3.03. The fourth-order valence-electron chi connectivity index (χ4n) is 0.977. The zero-order chi connectivity index (χ0) is 6.97. The number of hydrogen-bond donors (Lipinski definition) is 1. The number of nitrogens with one attached hydrogen (secondary N) is 1. The lowest BCUT2D eigenvalue weighted by Gasteiger charge is -1.82.